The van der Waals surface area contributed by atoms with Crippen molar-refractivity contribution in [3.05, 3.63) is 63.1 Å². The molecular weight excluding hydrogens is 682 g/mol. The van der Waals surface area contributed by atoms with Crippen molar-refractivity contribution in [1.82, 2.24) is 15.5 Å². The lowest BCUT2D eigenvalue weighted by Crippen LogP contribution is -2.46. The second-order valence-electron chi connectivity index (χ2n) is 13.5. The van der Waals surface area contributed by atoms with Crippen LogP contribution in [0.25, 0.3) is 21.5 Å². The number of nitrogens with zero attached hydrogens (tertiary/aromatic N) is 3. The van der Waals surface area contributed by atoms with E-state index in [-0.39, 0.29) is 53.0 Å². The van der Waals surface area contributed by atoms with Gasteiger partial charge in [0.15, 0.2) is 16.7 Å². The molecule has 2 aromatic heterocycles. The average Bonchev–Trinajstić information content (AvgIpc) is 3.51. The summed E-state index contributed by atoms with van der Waals surface area (Å²) in [6, 6.07) is 7.87. The number of esters is 2. The molecule has 2 aliphatic heterocycles. The number of rotatable bonds is 8. The highest BCUT2D eigenvalue weighted by Gasteiger charge is 2.45. The summed E-state index contributed by atoms with van der Waals surface area (Å²) in [5.41, 5.74) is 0.571. The summed E-state index contributed by atoms with van der Waals surface area (Å²) in [4.78, 5) is 45.4. The van der Waals surface area contributed by atoms with Crippen LogP contribution in [0.1, 0.15) is 91.7 Å². The number of nitrogens with one attached hydrogen (secondary N) is 1. The van der Waals surface area contributed by atoms with E-state index in [4.69, 9.17) is 37.2 Å². The summed E-state index contributed by atoms with van der Waals surface area (Å²) >= 11 is 14.3. The normalized spacial score (nSPS) is 20.6. The van der Waals surface area contributed by atoms with Crippen molar-refractivity contribution in [2.24, 2.45) is 0 Å². The highest BCUT2D eigenvalue weighted by Crippen LogP contribution is 2.47. The topological polar surface area (TPSA) is 124 Å². The number of aromatic nitrogens is 2. The molecule has 1 N–H and O–H groups in total. The van der Waals surface area contributed by atoms with Crippen LogP contribution < -0.4 is 10.2 Å². The minimum atomic E-state index is -0.687. The number of ether oxygens (including phenoxy) is 2. The van der Waals surface area contributed by atoms with Crippen molar-refractivity contribution in [2.45, 2.75) is 89.0 Å². The predicted molar refractivity (Wildman–Crippen MR) is 179 cm³/mol. The first-order valence-corrected chi connectivity index (χ1v) is 17.5. The van der Waals surface area contributed by atoms with Crippen LogP contribution in [0, 0.1) is 5.82 Å². The quantitative estimate of drug-likeness (QED) is 0.183. The first kappa shape index (κ1) is 32.8. The minimum Gasteiger partial charge on any atom is -0.459 e. The van der Waals surface area contributed by atoms with Gasteiger partial charge in [0.2, 0.25) is 0 Å². The summed E-state index contributed by atoms with van der Waals surface area (Å²) in [6.45, 7) is 4.87. The van der Waals surface area contributed by atoms with E-state index in [0.717, 1.165) is 31.7 Å². The van der Waals surface area contributed by atoms with Crippen LogP contribution in [0.2, 0.25) is 10.0 Å². The van der Waals surface area contributed by atoms with E-state index in [1.165, 1.54) is 11.3 Å². The second-order valence-corrected chi connectivity index (χ2v) is 15.3. The third-order valence-corrected chi connectivity index (χ3v) is 10.4. The first-order valence-electron chi connectivity index (χ1n) is 15.9. The SMILES string of the molecule is CC(C)(C)OC(=O)CNC(=O)c1cc(F)c2nc(N3[C@@H]4CC[C@H]3CC(OC(=O)c3c(-c5c(Cl)cccc5Cl)noc3C3CC3)C4)sc2c1. The van der Waals surface area contributed by atoms with Gasteiger partial charge in [-0.05, 0) is 70.7 Å². The fourth-order valence-corrected chi connectivity index (χ4v) is 8.35. The summed E-state index contributed by atoms with van der Waals surface area (Å²) in [6.07, 6.45) is 4.33. The Kier molecular flexibility index (Phi) is 8.62. The Hall–Kier alpha value is -3.74. The zero-order valence-electron chi connectivity index (χ0n) is 26.5. The molecule has 4 aromatic rings. The molecule has 252 valence electrons. The van der Waals surface area contributed by atoms with Gasteiger partial charge in [-0.1, -0.05) is 45.8 Å². The Morgan fingerprint density at radius 3 is 2.42 bits per heavy atom. The monoisotopic (exact) mass is 714 g/mol. The summed E-state index contributed by atoms with van der Waals surface area (Å²) in [7, 11) is 0. The fraction of sp³-hybridized carbons (Fsp3) is 0.441. The molecule has 2 aromatic carbocycles. The smallest absolute Gasteiger partial charge is 0.344 e. The Morgan fingerprint density at radius 2 is 1.77 bits per heavy atom. The molecule has 3 atom stereocenters. The number of thiazole rings is 1. The molecule has 3 fully saturated rings. The Labute approximate surface area is 289 Å². The predicted octanol–water partition coefficient (Wildman–Crippen LogP) is 7.70. The molecule has 3 aliphatic rings. The maximum atomic E-state index is 15.2. The molecule has 0 spiro atoms. The van der Waals surface area contributed by atoms with Gasteiger partial charge in [-0.3, -0.25) is 9.59 Å². The molecular formula is C34H33Cl2FN4O6S. The van der Waals surface area contributed by atoms with Crippen molar-refractivity contribution < 1.29 is 32.8 Å². The maximum absolute atomic E-state index is 15.2. The number of piperidine rings is 1. The molecule has 7 rings (SSSR count). The second kappa shape index (κ2) is 12.6. The number of amides is 1. The van der Waals surface area contributed by atoms with Crippen LogP contribution in [0.15, 0.2) is 34.9 Å². The van der Waals surface area contributed by atoms with Crippen molar-refractivity contribution in [1.29, 1.82) is 0 Å². The number of hydrogen-bond acceptors (Lipinski definition) is 10. The van der Waals surface area contributed by atoms with Gasteiger partial charge in [0.05, 0.1) is 14.7 Å². The van der Waals surface area contributed by atoms with Gasteiger partial charge in [-0.15, -0.1) is 0 Å². The molecule has 1 unspecified atom stereocenters. The van der Waals surface area contributed by atoms with E-state index in [0.29, 0.717) is 44.0 Å². The van der Waals surface area contributed by atoms with E-state index in [2.05, 4.69) is 20.4 Å². The van der Waals surface area contributed by atoms with Crippen molar-refractivity contribution >= 4 is 67.7 Å². The van der Waals surface area contributed by atoms with Gasteiger partial charge >= 0.3 is 11.9 Å². The number of anilines is 1. The molecule has 48 heavy (non-hydrogen) atoms. The van der Waals surface area contributed by atoms with E-state index < -0.39 is 29.3 Å². The summed E-state index contributed by atoms with van der Waals surface area (Å²) in [5, 5.41) is 8.09. The lowest BCUT2D eigenvalue weighted by Gasteiger charge is -2.38. The lowest BCUT2D eigenvalue weighted by molar-refractivity contribution is -0.153. The molecule has 10 nitrogen and oxygen atoms in total. The molecule has 1 saturated carbocycles. The van der Waals surface area contributed by atoms with Crippen LogP contribution in [-0.4, -0.2) is 58.3 Å². The van der Waals surface area contributed by atoms with Gasteiger partial charge in [0.25, 0.3) is 5.91 Å². The zero-order chi connectivity index (χ0) is 33.9. The van der Waals surface area contributed by atoms with Crippen LogP contribution in [0.3, 0.4) is 0 Å². The van der Waals surface area contributed by atoms with Gasteiger partial charge in [0.1, 0.15) is 35.0 Å². The third-order valence-electron chi connectivity index (χ3n) is 8.77. The Bertz CT molecular complexity index is 1900. The lowest BCUT2D eigenvalue weighted by atomic mass is 9.99. The molecule has 2 saturated heterocycles. The number of benzene rings is 2. The number of hydrogen-bond donors (Lipinski definition) is 1. The molecule has 1 aliphatic carbocycles. The number of fused-ring (bicyclic) bond motifs is 3. The van der Waals surface area contributed by atoms with Crippen LogP contribution in [0.5, 0.6) is 0 Å². The largest absolute Gasteiger partial charge is 0.459 e. The van der Waals surface area contributed by atoms with Crippen molar-refractivity contribution in [3.63, 3.8) is 0 Å². The van der Waals surface area contributed by atoms with Crippen molar-refractivity contribution in [3.8, 4) is 11.3 Å². The van der Waals surface area contributed by atoms with Crippen LogP contribution in [-0.2, 0) is 14.3 Å². The Balaban J connectivity index is 1.06. The van der Waals surface area contributed by atoms with Crippen molar-refractivity contribution in [2.75, 3.05) is 11.4 Å². The number of carbonyl (C=O) groups excluding carboxylic acids is 3. The number of carbonyl (C=O) groups is 3. The first-order chi connectivity index (χ1) is 22.9. The molecule has 1 amide bonds. The zero-order valence-corrected chi connectivity index (χ0v) is 28.8. The third kappa shape index (κ3) is 6.49. The standard InChI is InChI=1S/C34H33Cl2FN4O6S/c1-34(2,3)46-25(42)15-38-31(43)17-11-23(37)28-24(12-17)48-33(39-28)41-18-9-10-19(41)14-20(13-18)45-32(44)27-29(40-47-30(27)16-7-8-16)26-21(35)5-4-6-22(26)36/h4-6,11-12,16,18-20H,7-10,13-15H2,1-3H3,(H,38,43)/t18-,19+,20?. The van der Waals surface area contributed by atoms with Crippen LogP contribution in [0.4, 0.5) is 9.52 Å². The highest BCUT2D eigenvalue weighted by atomic mass is 35.5. The van der Waals surface area contributed by atoms with Crippen LogP contribution >= 0.6 is 34.5 Å². The molecule has 2 bridgehead atoms. The fourth-order valence-electron chi connectivity index (χ4n) is 6.62. The van der Waals surface area contributed by atoms with Gasteiger partial charge in [-0.2, -0.15) is 0 Å². The summed E-state index contributed by atoms with van der Waals surface area (Å²) < 4.78 is 32.8. The average molecular weight is 716 g/mol. The van der Waals surface area contributed by atoms with E-state index >= 15 is 4.39 Å². The van der Waals surface area contributed by atoms with Gasteiger partial charge in [0, 0.05) is 42.0 Å². The van der Waals surface area contributed by atoms with E-state index in [1.54, 1.807) is 45.0 Å². The molecule has 4 heterocycles. The molecule has 0 radical (unpaired) electrons. The van der Waals surface area contributed by atoms with Gasteiger partial charge < -0.3 is 24.2 Å². The summed E-state index contributed by atoms with van der Waals surface area (Å²) in [5.74, 6) is -1.70. The van der Waals surface area contributed by atoms with Gasteiger partial charge in [-0.25, -0.2) is 14.2 Å². The van der Waals surface area contributed by atoms with E-state index in [1.807, 2.05) is 0 Å². The minimum absolute atomic E-state index is 0.0321. The number of halogens is 3. The molecule has 14 heteroatoms. The van der Waals surface area contributed by atoms with E-state index in [9.17, 15) is 14.4 Å². The maximum Gasteiger partial charge on any atom is 0.344 e. The highest BCUT2D eigenvalue weighted by molar-refractivity contribution is 7.22. The Morgan fingerprint density at radius 1 is 1.08 bits per heavy atom.